The number of terminal acetylenes is 1. The Morgan fingerprint density at radius 1 is 0.607 bits per heavy atom. The summed E-state index contributed by atoms with van der Waals surface area (Å²) in [5.41, 5.74) is 0. The Morgan fingerprint density at radius 3 is 1.43 bits per heavy atom. The minimum atomic E-state index is -0.986. The van der Waals surface area contributed by atoms with E-state index < -0.39 is 5.97 Å². The quantitative estimate of drug-likeness (QED) is 0.203. The van der Waals surface area contributed by atoms with Gasteiger partial charge in [0.2, 0.25) is 0 Å². The first kappa shape index (κ1) is 26.8. The second kappa shape index (κ2) is 23.8. The zero-order chi connectivity index (χ0) is 20.5. The third-order valence-electron chi connectivity index (χ3n) is 3.45. The van der Waals surface area contributed by atoms with Gasteiger partial charge >= 0.3 is 5.97 Å². The second-order valence-electron chi connectivity index (χ2n) is 5.88. The number of unbranched alkanes of at least 4 members (excludes halogenated alkanes) is 4. The Kier molecular flexibility index (Phi) is 22.8. The third-order valence-corrected chi connectivity index (χ3v) is 3.45. The van der Waals surface area contributed by atoms with Gasteiger partial charge in [0, 0.05) is 13.0 Å². The molecule has 0 aromatic carbocycles. The minimum absolute atomic E-state index is 0.258. The van der Waals surface area contributed by atoms with E-state index in [0.29, 0.717) is 59.5 Å². The Morgan fingerprint density at radius 2 is 1.00 bits per heavy atom. The molecule has 8 heteroatoms. The van der Waals surface area contributed by atoms with Gasteiger partial charge in [-0.3, -0.25) is 0 Å². The molecule has 0 aliphatic rings. The Balaban J connectivity index is 3.00. The van der Waals surface area contributed by atoms with Crippen LogP contribution in [0, 0.1) is 12.3 Å². The largest absolute Gasteiger partial charge is 0.480 e. The van der Waals surface area contributed by atoms with E-state index >= 15 is 0 Å². The van der Waals surface area contributed by atoms with E-state index in [2.05, 4.69) is 5.92 Å². The maximum Gasteiger partial charge on any atom is 0.329 e. The van der Waals surface area contributed by atoms with Crippen molar-refractivity contribution in [2.24, 2.45) is 0 Å². The number of carboxylic acid groups (broad SMARTS) is 1. The summed E-state index contributed by atoms with van der Waals surface area (Å²) in [6, 6.07) is 0. The van der Waals surface area contributed by atoms with Gasteiger partial charge in [0.25, 0.3) is 0 Å². The van der Waals surface area contributed by atoms with Gasteiger partial charge in [-0.05, 0) is 12.8 Å². The topological polar surface area (TPSA) is 92.7 Å². The summed E-state index contributed by atoms with van der Waals surface area (Å²) in [6.07, 6.45) is 10.6. The van der Waals surface area contributed by atoms with Crippen LogP contribution in [-0.4, -0.2) is 90.4 Å². The van der Waals surface area contributed by atoms with Crippen molar-refractivity contribution in [1.82, 2.24) is 0 Å². The van der Waals surface area contributed by atoms with E-state index in [0.717, 1.165) is 32.3 Å². The van der Waals surface area contributed by atoms with Crippen LogP contribution in [0.5, 0.6) is 0 Å². The highest BCUT2D eigenvalue weighted by molar-refractivity contribution is 5.67. The summed E-state index contributed by atoms with van der Waals surface area (Å²) in [5.74, 6) is 1.66. The van der Waals surface area contributed by atoms with Gasteiger partial charge in [0.15, 0.2) is 0 Å². The number of ether oxygens (including phenoxy) is 6. The smallest absolute Gasteiger partial charge is 0.329 e. The lowest BCUT2D eigenvalue weighted by Gasteiger charge is -2.08. The molecule has 0 aromatic heterocycles. The number of hydrogen-bond donors (Lipinski definition) is 1. The zero-order valence-corrected chi connectivity index (χ0v) is 16.9. The molecule has 0 aliphatic carbocycles. The van der Waals surface area contributed by atoms with Crippen LogP contribution in [0.25, 0.3) is 0 Å². The van der Waals surface area contributed by atoms with Crippen LogP contribution in [0.15, 0.2) is 0 Å². The first-order chi connectivity index (χ1) is 13.8. The number of hydrogen-bond acceptors (Lipinski definition) is 7. The highest BCUT2D eigenvalue weighted by Gasteiger charge is 1.96. The van der Waals surface area contributed by atoms with Crippen LogP contribution >= 0.6 is 0 Å². The second-order valence-corrected chi connectivity index (χ2v) is 5.88. The van der Waals surface area contributed by atoms with Crippen LogP contribution in [0.3, 0.4) is 0 Å². The van der Waals surface area contributed by atoms with Crippen LogP contribution in [0.2, 0.25) is 0 Å². The van der Waals surface area contributed by atoms with E-state index in [9.17, 15) is 4.79 Å². The normalized spacial score (nSPS) is 10.8. The van der Waals surface area contributed by atoms with Crippen LogP contribution in [-0.2, 0) is 33.2 Å². The van der Waals surface area contributed by atoms with Crippen LogP contribution in [0.4, 0.5) is 0 Å². The van der Waals surface area contributed by atoms with Gasteiger partial charge < -0.3 is 33.5 Å². The maximum absolute atomic E-state index is 10.2. The molecule has 0 spiro atoms. The molecular weight excluding hydrogens is 368 g/mol. The van der Waals surface area contributed by atoms with Crippen LogP contribution < -0.4 is 0 Å². The fraction of sp³-hybridized carbons (Fsp3) is 0.850. The third kappa shape index (κ3) is 24.8. The van der Waals surface area contributed by atoms with Gasteiger partial charge in [-0.1, -0.05) is 12.8 Å². The average molecular weight is 405 g/mol. The van der Waals surface area contributed by atoms with Crippen molar-refractivity contribution < 1.29 is 38.3 Å². The van der Waals surface area contributed by atoms with E-state index in [4.69, 9.17) is 40.0 Å². The highest BCUT2D eigenvalue weighted by Crippen LogP contribution is 2.02. The van der Waals surface area contributed by atoms with Crippen molar-refractivity contribution in [3.05, 3.63) is 0 Å². The monoisotopic (exact) mass is 404 g/mol. The number of aliphatic carboxylic acids is 1. The van der Waals surface area contributed by atoms with Crippen molar-refractivity contribution in [3.63, 3.8) is 0 Å². The van der Waals surface area contributed by atoms with Crippen molar-refractivity contribution in [1.29, 1.82) is 0 Å². The van der Waals surface area contributed by atoms with Crippen molar-refractivity contribution in [2.45, 2.75) is 32.1 Å². The molecule has 164 valence electrons. The first-order valence-electron chi connectivity index (χ1n) is 9.89. The van der Waals surface area contributed by atoms with E-state index in [1.54, 1.807) is 0 Å². The molecule has 0 saturated carbocycles. The van der Waals surface area contributed by atoms with Crippen molar-refractivity contribution >= 4 is 5.97 Å². The molecule has 0 heterocycles. The van der Waals surface area contributed by atoms with Gasteiger partial charge in [0.1, 0.15) is 6.61 Å². The van der Waals surface area contributed by atoms with Crippen molar-refractivity contribution in [3.8, 4) is 12.3 Å². The Bertz CT molecular complexity index is 370. The van der Waals surface area contributed by atoms with E-state index in [1.165, 1.54) is 6.42 Å². The lowest BCUT2D eigenvalue weighted by molar-refractivity contribution is -0.142. The first-order valence-corrected chi connectivity index (χ1v) is 9.89. The molecule has 0 saturated heterocycles. The number of rotatable bonds is 23. The molecule has 8 nitrogen and oxygen atoms in total. The van der Waals surface area contributed by atoms with Crippen LogP contribution in [0.1, 0.15) is 32.1 Å². The molecule has 0 radical (unpaired) electrons. The molecular formula is C20H36O8. The van der Waals surface area contributed by atoms with Crippen molar-refractivity contribution in [2.75, 3.05) is 79.3 Å². The predicted octanol–water partition coefficient (Wildman–Crippen LogP) is 1.75. The SMILES string of the molecule is C#CCCCCCCOCCOCCOCCOCCOCCOCC(=O)O. The summed E-state index contributed by atoms with van der Waals surface area (Å²) in [5, 5.41) is 8.37. The molecule has 0 unspecified atom stereocenters. The fourth-order valence-corrected chi connectivity index (χ4v) is 2.04. The van der Waals surface area contributed by atoms with Gasteiger partial charge in [-0.15, -0.1) is 12.3 Å². The number of carboxylic acids is 1. The summed E-state index contributed by atoms with van der Waals surface area (Å²) in [4.78, 5) is 10.2. The molecule has 0 rings (SSSR count). The fourth-order valence-electron chi connectivity index (χ4n) is 2.04. The minimum Gasteiger partial charge on any atom is -0.480 e. The lowest BCUT2D eigenvalue weighted by atomic mass is 10.1. The Labute approximate surface area is 168 Å². The molecule has 0 aromatic rings. The van der Waals surface area contributed by atoms with Gasteiger partial charge in [0.05, 0.1) is 66.1 Å². The predicted molar refractivity (Wildman–Crippen MR) is 104 cm³/mol. The molecule has 0 amide bonds. The summed E-state index contributed by atoms with van der Waals surface area (Å²) >= 11 is 0. The summed E-state index contributed by atoms with van der Waals surface area (Å²) in [7, 11) is 0. The molecule has 1 N–H and O–H groups in total. The van der Waals surface area contributed by atoms with Gasteiger partial charge in [-0.2, -0.15) is 0 Å². The molecule has 28 heavy (non-hydrogen) atoms. The van der Waals surface area contributed by atoms with Gasteiger partial charge in [-0.25, -0.2) is 4.79 Å². The maximum atomic E-state index is 10.2. The Hall–Kier alpha value is -1.21. The molecule has 0 atom stereocenters. The highest BCUT2D eigenvalue weighted by atomic mass is 16.6. The van der Waals surface area contributed by atoms with E-state index in [-0.39, 0.29) is 13.2 Å². The zero-order valence-electron chi connectivity index (χ0n) is 16.9. The average Bonchev–Trinajstić information content (AvgIpc) is 2.68. The molecule has 0 bridgehead atoms. The standard InChI is InChI=1S/C20H36O8/c1-2-3-4-5-6-7-8-23-9-10-24-11-12-25-13-14-26-15-16-27-17-18-28-19-20(21)22/h1H,3-19H2,(H,21,22). The summed E-state index contributed by atoms with van der Waals surface area (Å²) < 4.78 is 31.7. The molecule has 0 fully saturated rings. The lowest BCUT2D eigenvalue weighted by Crippen LogP contribution is -2.15. The molecule has 0 aliphatic heterocycles. The van der Waals surface area contributed by atoms with E-state index in [1.807, 2.05) is 0 Å². The summed E-state index contributed by atoms with van der Waals surface area (Å²) in [6.45, 7) is 5.20. The number of carbonyl (C=O) groups is 1.